The maximum Gasteiger partial charge on any atom is 0.254 e. The van der Waals surface area contributed by atoms with Gasteiger partial charge >= 0.3 is 0 Å². The predicted molar refractivity (Wildman–Crippen MR) is 117 cm³/mol. The van der Waals surface area contributed by atoms with Crippen LogP contribution in [0.2, 0.25) is 5.02 Å². The summed E-state index contributed by atoms with van der Waals surface area (Å²) >= 11 is 6.17. The highest BCUT2D eigenvalue weighted by molar-refractivity contribution is 6.31. The molecule has 0 N–H and O–H groups in total. The van der Waals surface area contributed by atoms with Gasteiger partial charge in [0.1, 0.15) is 18.2 Å². The largest absolute Gasteiger partial charge is 0.489 e. The summed E-state index contributed by atoms with van der Waals surface area (Å²) in [4.78, 5) is 16.7. The van der Waals surface area contributed by atoms with Crippen LogP contribution in [0.4, 0.5) is 10.1 Å². The number of para-hydroxylation sites is 1. The van der Waals surface area contributed by atoms with Gasteiger partial charge in [0.05, 0.1) is 5.69 Å². The first-order chi connectivity index (χ1) is 14.6. The molecule has 0 spiro atoms. The first-order valence-corrected chi connectivity index (χ1v) is 10.2. The average molecular weight is 425 g/mol. The highest BCUT2D eigenvalue weighted by atomic mass is 35.5. The second kappa shape index (κ2) is 9.18. The van der Waals surface area contributed by atoms with Crippen LogP contribution in [0.5, 0.6) is 5.75 Å². The molecule has 0 radical (unpaired) electrons. The number of amides is 1. The van der Waals surface area contributed by atoms with Crippen LogP contribution in [0.15, 0.2) is 72.8 Å². The van der Waals surface area contributed by atoms with Gasteiger partial charge in [-0.3, -0.25) is 4.79 Å². The molecule has 1 saturated heterocycles. The molecule has 3 aromatic rings. The molecule has 1 fully saturated rings. The number of hydrogen-bond acceptors (Lipinski definition) is 3. The molecule has 4 nitrogen and oxygen atoms in total. The van der Waals surface area contributed by atoms with Gasteiger partial charge in [-0.15, -0.1) is 0 Å². The fourth-order valence-electron chi connectivity index (χ4n) is 3.54. The zero-order valence-electron chi connectivity index (χ0n) is 16.4. The molecule has 6 heteroatoms. The molecule has 0 saturated carbocycles. The van der Waals surface area contributed by atoms with Gasteiger partial charge in [0.25, 0.3) is 5.91 Å². The van der Waals surface area contributed by atoms with Crippen molar-refractivity contribution in [1.82, 2.24) is 4.90 Å². The predicted octanol–water partition coefficient (Wildman–Crippen LogP) is 5.02. The average Bonchev–Trinajstić information content (AvgIpc) is 2.79. The number of halogens is 2. The van der Waals surface area contributed by atoms with Crippen molar-refractivity contribution in [3.05, 3.63) is 94.8 Å². The standard InChI is InChI=1S/C24H22ClFN2O2/c25-21-9-2-1-6-19(21)17-30-20-8-5-7-18(16-20)24(29)28-14-12-27(13-15-28)23-11-4-3-10-22(23)26/h1-11,16H,12-15,17H2. The molecular weight excluding hydrogens is 403 g/mol. The summed E-state index contributed by atoms with van der Waals surface area (Å²) in [6.45, 7) is 2.60. The van der Waals surface area contributed by atoms with Crippen LogP contribution < -0.4 is 9.64 Å². The van der Waals surface area contributed by atoms with Crippen molar-refractivity contribution >= 4 is 23.2 Å². The van der Waals surface area contributed by atoms with E-state index in [0.717, 1.165) is 5.56 Å². The van der Waals surface area contributed by atoms with Gasteiger partial charge in [0, 0.05) is 42.3 Å². The van der Waals surface area contributed by atoms with Crippen molar-refractivity contribution in [3.63, 3.8) is 0 Å². The third-order valence-electron chi connectivity index (χ3n) is 5.19. The fourth-order valence-corrected chi connectivity index (χ4v) is 3.73. The van der Waals surface area contributed by atoms with E-state index in [0.29, 0.717) is 54.8 Å². The van der Waals surface area contributed by atoms with Crippen LogP contribution in [-0.2, 0) is 6.61 Å². The van der Waals surface area contributed by atoms with Crippen molar-refractivity contribution in [1.29, 1.82) is 0 Å². The lowest BCUT2D eigenvalue weighted by Crippen LogP contribution is -2.49. The summed E-state index contributed by atoms with van der Waals surface area (Å²) in [5, 5.41) is 0.650. The Morgan fingerprint density at radius 1 is 0.933 bits per heavy atom. The minimum atomic E-state index is -0.236. The van der Waals surface area contributed by atoms with Crippen LogP contribution in [-0.4, -0.2) is 37.0 Å². The molecule has 0 aromatic heterocycles. The summed E-state index contributed by atoms with van der Waals surface area (Å²) in [6, 6.07) is 21.4. The summed E-state index contributed by atoms with van der Waals surface area (Å²) in [6.07, 6.45) is 0. The SMILES string of the molecule is O=C(c1cccc(OCc2ccccc2Cl)c1)N1CCN(c2ccccc2F)CC1. The van der Waals surface area contributed by atoms with Gasteiger partial charge in [0.15, 0.2) is 0 Å². The lowest BCUT2D eigenvalue weighted by atomic mass is 10.1. The molecule has 3 aromatic carbocycles. The Labute approximate surface area is 180 Å². The Bertz CT molecular complexity index is 1030. The van der Waals surface area contributed by atoms with Crippen LogP contribution >= 0.6 is 11.6 Å². The van der Waals surface area contributed by atoms with Gasteiger partial charge < -0.3 is 14.5 Å². The topological polar surface area (TPSA) is 32.8 Å². The number of anilines is 1. The molecule has 154 valence electrons. The van der Waals surface area contributed by atoms with Crippen molar-refractivity contribution < 1.29 is 13.9 Å². The van der Waals surface area contributed by atoms with E-state index in [2.05, 4.69) is 0 Å². The molecular formula is C24H22ClFN2O2. The Balaban J connectivity index is 1.38. The highest BCUT2D eigenvalue weighted by Gasteiger charge is 2.23. The van der Waals surface area contributed by atoms with E-state index in [1.54, 1.807) is 29.2 Å². The second-order valence-corrected chi connectivity index (χ2v) is 7.55. The van der Waals surface area contributed by atoms with E-state index in [1.807, 2.05) is 47.4 Å². The zero-order chi connectivity index (χ0) is 20.9. The number of carbonyl (C=O) groups is 1. The monoisotopic (exact) mass is 424 g/mol. The van der Waals surface area contributed by atoms with Crippen molar-refractivity contribution in [2.45, 2.75) is 6.61 Å². The molecule has 30 heavy (non-hydrogen) atoms. The minimum Gasteiger partial charge on any atom is -0.489 e. The number of benzene rings is 3. The summed E-state index contributed by atoms with van der Waals surface area (Å²) in [5.74, 6) is 0.331. The Morgan fingerprint density at radius 3 is 2.43 bits per heavy atom. The van der Waals surface area contributed by atoms with Crippen LogP contribution in [0.3, 0.4) is 0 Å². The first-order valence-electron chi connectivity index (χ1n) is 9.87. The van der Waals surface area contributed by atoms with E-state index in [1.165, 1.54) is 6.07 Å². The number of carbonyl (C=O) groups excluding carboxylic acids is 1. The maximum absolute atomic E-state index is 14.0. The smallest absolute Gasteiger partial charge is 0.254 e. The molecule has 1 aliphatic heterocycles. The molecule has 4 rings (SSSR count). The number of hydrogen-bond donors (Lipinski definition) is 0. The first kappa shape index (κ1) is 20.2. The number of rotatable bonds is 5. The Morgan fingerprint density at radius 2 is 1.67 bits per heavy atom. The summed E-state index contributed by atoms with van der Waals surface area (Å²) < 4.78 is 19.8. The van der Waals surface area contributed by atoms with Crippen molar-refractivity contribution in [3.8, 4) is 5.75 Å². The molecule has 0 bridgehead atoms. The Kier molecular flexibility index (Phi) is 6.19. The lowest BCUT2D eigenvalue weighted by Gasteiger charge is -2.36. The molecule has 0 unspecified atom stereocenters. The van der Waals surface area contributed by atoms with Crippen LogP contribution in [0, 0.1) is 5.82 Å². The number of piperazine rings is 1. The molecule has 0 aliphatic carbocycles. The van der Waals surface area contributed by atoms with Gasteiger partial charge in [-0.25, -0.2) is 4.39 Å². The van der Waals surface area contributed by atoms with Crippen LogP contribution in [0.25, 0.3) is 0 Å². The normalized spacial score (nSPS) is 13.9. The van der Waals surface area contributed by atoms with E-state index in [-0.39, 0.29) is 11.7 Å². The van der Waals surface area contributed by atoms with Gasteiger partial charge in [0.2, 0.25) is 0 Å². The summed E-state index contributed by atoms with van der Waals surface area (Å²) in [7, 11) is 0. The summed E-state index contributed by atoms with van der Waals surface area (Å²) in [5.41, 5.74) is 2.05. The zero-order valence-corrected chi connectivity index (χ0v) is 17.2. The highest BCUT2D eigenvalue weighted by Crippen LogP contribution is 2.23. The third-order valence-corrected chi connectivity index (χ3v) is 5.56. The van der Waals surface area contributed by atoms with Crippen molar-refractivity contribution in [2.24, 2.45) is 0 Å². The van der Waals surface area contributed by atoms with Crippen LogP contribution in [0.1, 0.15) is 15.9 Å². The van der Waals surface area contributed by atoms with Gasteiger partial charge in [-0.1, -0.05) is 48.0 Å². The molecule has 0 atom stereocenters. The quantitative estimate of drug-likeness (QED) is 0.576. The van der Waals surface area contributed by atoms with Gasteiger partial charge in [-0.2, -0.15) is 0 Å². The van der Waals surface area contributed by atoms with E-state index < -0.39 is 0 Å². The van der Waals surface area contributed by atoms with E-state index >= 15 is 0 Å². The number of nitrogens with zero attached hydrogens (tertiary/aromatic N) is 2. The Hall–Kier alpha value is -3.05. The minimum absolute atomic E-state index is 0.0497. The maximum atomic E-state index is 14.0. The lowest BCUT2D eigenvalue weighted by molar-refractivity contribution is 0.0746. The molecule has 1 amide bonds. The third kappa shape index (κ3) is 4.57. The second-order valence-electron chi connectivity index (χ2n) is 7.14. The van der Waals surface area contributed by atoms with E-state index in [4.69, 9.17) is 16.3 Å². The number of ether oxygens (including phenoxy) is 1. The van der Waals surface area contributed by atoms with Gasteiger partial charge in [-0.05, 0) is 36.4 Å². The molecule has 1 heterocycles. The van der Waals surface area contributed by atoms with E-state index in [9.17, 15) is 9.18 Å². The van der Waals surface area contributed by atoms with Crippen molar-refractivity contribution in [2.75, 3.05) is 31.1 Å². The molecule has 1 aliphatic rings. The fraction of sp³-hybridized carbons (Fsp3) is 0.208.